The molecule has 2 aromatic rings. The first-order valence-electron chi connectivity index (χ1n) is 22.6. The third kappa shape index (κ3) is 21.2. The molecule has 0 radical (unpaired) electrons. The molecule has 2 aromatic carbocycles. The van der Waals surface area contributed by atoms with Crippen LogP contribution in [0.2, 0.25) is 0 Å². The number of amides is 4. The number of aliphatic hydroxyl groups excluding tert-OH is 1. The van der Waals surface area contributed by atoms with Gasteiger partial charge in [0.2, 0.25) is 17.7 Å². The van der Waals surface area contributed by atoms with Gasteiger partial charge >= 0.3 is 36.1 Å². The van der Waals surface area contributed by atoms with E-state index in [9.17, 15) is 86.2 Å². The molecule has 2 aliphatic rings. The summed E-state index contributed by atoms with van der Waals surface area (Å²) in [5.74, 6) is -4.12. The van der Waals surface area contributed by atoms with Crippen LogP contribution in [0.15, 0.2) is 36.4 Å². The fraction of sp³-hybridized carbons (Fsp3) is 0.587. The van der Waals surface area contributed by atoms with Gasteiger partial charge in [-0.3, -0.25) is 28.8 Å². The van der Waals surface area contributed by atoms with Crippen molar-refractivity contribution in [3.05, 3.63) is 69.8 Å². The lowest BCUT2D eigenvalue weighted by Crippen LogP contribution is -2.69. The number of carbonyl (C=O) groups excluding carboxylic acids is 7. The van der Waals surface area contributed by atoms with Gasteiger partial charge in [0, 0.05) is 42.7 Å². The quantitative estimate of drug-likeness (QED) is 0.0538. The van der Waals surface area contributed by atoms with Crippen molar-refractivity contribution in [1.82, 2.24) is 21.3 Å². The number of Topliss-reactive ketones (excluding diaryl/α,β-unsaturated/α-hetero) is 1. The Morgan fingerprint density at radius 2 is 0.935 bits per heavy atom. The van der Waals surface area contributed by atoms with E-state index in [4.69, 9.17) is 37.6 Å². The highest BCUT2D eigenvalue weighted by Gasteiger charge is 2.47. The monoisotopic (exact) mass is 1150 g/mol. The van der Waals surface area contributed by atoms with Gasteiger partial charge < -0.3 is 56.8 Å². The van der Waals surface area contributed by atoms with Gasteiger partial charge in [-0.2, -0.15) is 52.7 Å². The molecule has 9 N–H and O–H groups in total. The highest BCUT2D eigenvalue weighted by molar-refractivity contribution is 6.61. The molecule has 31 heteroatoms. The fourth-order valence-corrected chi connectivity index (χ4v) is 7.29. The molecule has 0 unspecified atom stereocenters. The second-order valence-corrected chi connectivity index (χ2v) is 18.9. The zero-order valence-electron chi connectivity index (χ0n) is 41.9. The van der Waals surface area contributed by atoms with Gasteiger partial charge in [-0.15, -0.1) is 0 Å². The maximum atomic E-state index is 13.1. The zero-order valence-corrected chi connectivity index (χ0v) is 42.7. The standard InChI is InChI=1S/C22H27F6N3O5.C20H25F6N3O4.C4H5ClO3/c1-12(14-6-15(21(23,24)25)8-16(7-14)22(26,27)28)36-11-19(3)4-5-20(10-30-19,18(29)34)31-17(33)9-35-13(2)32;1-11(12-5-13(19(21,22)23)7-14(6-12)20(24,25)26)33-10-17(2)3-4-18(9-28-17,16(27)32)29-15(31)8-30;1-3(6)2-8-4(5)7/h6-8,12,30H,4-5,9-11H2,1-3H3,(H2,29,34)(H,31,33);5-7,11,28,30H,3-4,8-10H2,1-2H3,(H2,27,32)(H,29,31);2H2,1H3/t12-,19-,20+;11-,17-,18+;/m11./s1. The van der Waals surface area contributed by atoms with Crippen LogP contribution in [0.3, 0.4) is 0 Å². The van der Waals surface area contributed by atoms with Crippen LogP contribution in [0, 0.1) is 0 Å². The van der Waals surface area contributed by atoms with Crippen LogP contribution in [0.1, 0.15) is 113 Å². The van der Waals surface area contributed by atoms with E-state index in [-0.39, 0.29) is 87.6 Å². The summed E-state index contributed by atoms with van der Waals surface area (Å²) in [7, 11) is 0. The molecule has 2 aliphatic heterocycles. The van der Waals surface area contributed by atoms with Gasteiger partial charge in [0.1, 0.15) is 17.7 Å². The molecule has 2 saturated heterocycles. The first-order valence-corrected chi connectivity index (χ1v) is 23.0. The molecule has 0 spiro atoms. The second-order valence-electron chi connectivity index (χ2n) is 18.6. The predicted molar refractivity (Wildman–Crippen MR) is 245 cm³/mol. The van der Waals surface area contributed by atoms with Crippen LogP contribution in [-0.4, -0.2) is 114 Å². The highest BCUT2D eigenvalue weighted by atomic mass is 35.5. The summed E-state index contributed by atoms with van der Waals surface area (Å²) < 4.78 is 177. The number of ether oxygens (including phenoxy) is 4. The summed E-state index contributed by atoms with van der Waals surface area (Å²) in [5, 5.41) is 19.7. The first kappa shape index (κ1) is 67.3. The number of hydrogen-bond donors (Lipinski definition) is 7. The largest absolute Gasteiger partial charge is 0.456 e. The molecule has 77 heavy (non-hydrogen) atoms. The number of benzene rings is 2. The van der Waals surface area contributed by atoms with Crippen LogP contribution in [0.5, 0.6) is 0 Å². The molecule has 0 bridgehead atoms. The van der Waals surface area contributed by atoms with Gasteiger partial charge in [-0.05, 0) is 108 Å². The topological polar surface area (TPSA) is 277 Å². The van der Waals surface area contributed by atoms with Crippen molar-refractivity contribution in [3.8, 4) is 0 Å². The van der Waals surface area contributed by atoms with Gasteiger partial charge in [-0.1, -0.05) is 0 Å². The first-order chi connectivity index (χ1) is 35.0. The van der Waals surface area contributed by atoms with E-state index in [1.165, 1.54) is 20.8 Å². The van der Waals surface area contributed by atoms with Crippen molar-refractivity contribution in [3.63, 3.8) is 0 Å². The molecule has 0 aliphatic carbocycles. The van der Waals surface area contributed by atoms with Gasteiger partial charge in [0.05, 0.1) is 47.7 Å². The normalized spacial score (nSPS) is 22.5. The summed E-state index contributed by atoms with van der Waals surface area (Å²) in [4.78, 5) is 78.2. The summed E-state index contributed by atoms with van der Waals surface area (Å²) in [5.41, 5.74) is -1.03. The van der Waals surface area contributed by atoms with Crippen molar-refractivity contribution in [2.45, 2.75) is 126 Å². The molecule has 0 aromatic heterocycles. The van der Waals surface area contributed by atoms with Crippen molar-refractivity contribution < 1.29 is 110 Å². The fourth-order valence-electron chi connectivity index (χ4n) is 7.24. The van der Waals surface area contributed by atoms with Crippen molar-refractivity contribution in [2.75, 3.05) is 46.1 Å². The minimum absolute atomic E-state index is 0.0411. The third-order valence-electron chi connectivity index (χ3n) is 11.9. The Hall–Kier alpha value is -5.82. The van der Waals surface area contributed by atoms with Crippen molar-refractivity contribution in [2.24, 2.45) is 11.5 Å². The molecule has 2 fully saturated rings. The number of piperidine rings is 2. The van der Waals surface area contributed by atoms with Gasteiger partial charge in [-0.25, -0.2) is 4.79 Å². The average Bonchev–Trinajstić information content (AvgIpc) is 3.31. The number of primary amides is 2. The number of ketones is 1. The Kier molecular flexibility index (Phi) is 23.3. The number of nitrogens with one attached hydrogen (secondary N) is 4. The number of aliphatic hydroxyl groups is 1. The molecule has 18 nitrogen and oxygen atoms in total. The summed E-state index contributed by atoms with van der Waals surface area (Å²) >= 11 is 4.71. The molecule has 6 atom stereocenters. The van der Waals surface area contributed by atoms with Crippen LogP contribution in [0.25, 0.3) is 0 Å². The summed E-state index contributed by atoms with van der Waals surface area (Å²) in [6.07, 6.45) is -21.6. The minimum Gasteiger partial charge on any atom is -0.456 e. The third-order valence-corrected chi connectivity index (χ3v) is 12.1. The summed E-state index contributed by atoms with van der Waals surface area (Å²) in [6.45, 7) is 6.25. The number of carbonyl (C=O) groups is 7. The van der Waals surface area contributed by atoms with E-state index in [0.29, 0.717) is 24.3 Å². The second kappa shape index (κ2) is 26.7. The number of alkyl halides is 12. The average molecular weight is 1150 g/mol. The van der Waals surface area contributed by atoms with Crippen LogP contribution in [0.4, 0.5) is 57.5 Å². The van der Waals surface area contributed by atoms with Gasteiger partial charge in [0.15, 0.2) is 19.0 Å². The van der Waals surface area contributed by atoms with Gasteiger partial charge in [0.25, 0.3) is 5.91 Å². The molecule has 2 heterocycles. The lowest BCUT2D eigenvalue weighted by atomic mass is 9.80. The summed E-state index contributed by atoms with van der Waals surface area (Å²) in [6, 6.07) is 2.52. The van der Waals surface area contributed by atoms with E-state index in [2.05, 4.69) is 30.7 Å². The Bertz CT molecular complexity index is 2340. The predicted octanol–water partition coefficient (Wildman–Crippen LogP) is 6.07. The zero-order chi connectivity index (χ0) is 59.3. The molecule has 434 valence electrons. The number of hydrogen-bond acceptors (Lipinski definition) is 14. The van der Waals surface area contributed by atoms with Crippen molar-refractivity contribution >= 4 is 52.4 Å². The molecule has 0 saturated carbocycles. The number of rotatable bonds is 17. The Morgan fingerprint density at radius 1 is 0.597 bits per heavy atom. The maximum absolute atomic E-state index is 13.1. The molecular weight excluding hydrogens is 1090 g/mol. The Balaban J connectivity index is 0.000000462. The van der Waals surface area contributed by atoms with Crippen LogP contribution < -0.4 is 32.7 Å². The van der Waals surface area contributed by atoms with E-state index in [1.807, 2.05) is 0 Å². The molecule has 4 rings (SSSR count). The lowest BCUT2D eigenvalue weighted by molar-refractivity contribution is -0.148. The lowest BCUT2D eigenvalue weighted by Gasteiger charge is -2.44. The number of nitrogens with two attached hydrogens (primary N) is 2. The highest BCUT2D eigenvalue weighted by Crippen LogP contribution is 2.40. The van der Waals surface area contributed by atoms with E-state index in [0.717, 1.165) is 6.92 Å². The van der Waals surface area contributed by atoms with E-state index < -0.39 is 130 Å². The van der Waals surface area contributed by atoms with Crippen LogP contribution in [-0.2, 0) is 72.4 Å². The maximum Gasteiger partial charge on any atom is 0.416 e. The van der Waals surface area contributed by atoms with E-state index >= 15 is 0 Å². The number of esters is 1. The van der Waals surface area contributed by atoms with E-state index in [1.54, 1.807) is 13.8 Å². The Morgan fingerprint density at radius 3 is 1.17 bits per heavy atom. The van der Waals surface area contributed by atoms with Crippen molar-refractivity contribution in [1.29, 1.82) is 0 Å². The molecule has 4 amide bonds. The SMILES string of the molecule is CC(=O)COC(=O)Cl.CC(=O)OCC(=O)N[C@@]1(C(N)=O)CC[C@](C)(CO[C@H](C)c2cc(C(F)(F)F)cc(C(F)(F)F)c2)NC1.C[C@@H](OC[C@@]1(C)CC[C@@](NC(=O)CO)(C(N)=O)CN1)c1cc(C(F)(F)F)cc(C(F)(F)F)c1. The Labute approximate surface area is 436 Å². The molecular formula is C46H57ClF12N6O12. The number of halogens is 13. The smallest absolute Gasteiger partial charge is 0.416 e. The minimum atomic E-state index is -4.98. The van der Waals surface area contributed by atoms with Crippen LogP contribution >= 0.6 is 11.6 Å².